The van der Waals surface area contributed by atoms with Crippen LogP contribution < -0.4 is 5.32 Å². The highest BCUT2D eigenvalue weighted by atomic mass is 35.5. The van der Waals surface area contributed by atoms with Gasteiger partial charge in [-0.15, -0.1) is 0 Å². The van der Waals surface area contributed by atoms with Crippen LogP contribution in [0, 0.1) is 0 Å². The van der Waals surface area contributed by atoms with E-state index in [1.807, 2.05) is 18.2 Å². The quantitative estimate of drug-likeness (QED) is 0.861. The number of nitrogens with zero attached hydrogens (tertiary/aromatic N) is 2. The van der Waals surface area contributed by atoms with E-state index < -0.39 is 0 Å². The van der Waals surface area contributed by atoms with Crippen LogP contribution in [0.15, 0.2) is 36.5 Å². The van der Waals surface area contributed by atoms with E-state index in [1.165, 1.54) is 0 Å². The monoisotopic (exact) mass is 289 g/mol. The molecule has 0 atom stereocenters. The largest absolute Gasteiger partial charge is 0.346 e. The van der Waals surface area contributed by atoms with Crippen LogP contribution in [-0.2, 0) is 13.0 Å². The fourth-order valence-electron chi connectivity index (χ4n) is 1.84. The third-order valence-corrected chi connectivity index (χ3v) is 2.97. The molecule has 0 aromatic carbocycles. The number of halogens is 1. The lowest BCUT2D eigenvalue weighted by Crippen LogP contribution is -2.23. The number of nitrogens with one attached hydrogen (secondary N) is 1. The zero-order chi connectivity index (χ0) is 14.4. The minimum Gasteiger partial charge on any atom is -0.346 e. The molecule has 1 N–H and O–H groups in total. The fourth-order valence-corrected chi connectivity index (χ4v) is 2.07. The average molecular weight is 290 g/mol. The SMILES string of the molecule is CCCc1cc(C(=O)NCc2ccccn2)cc(Cl)n1. The number of hydrogen-bond acceptors (Lipinski definition) is 3. The second-order valence-corrected chi connectivity index (χ2v) is 4.81. The zero-order valence-electron chi connectivity index (χ0n) is 11.3. The van der Waals surface area contributed by atoms with Crippen LogP contribution in [0.5, 0.6) is 0 Å². The van der Waals surface area contributed by atoms with Gasteiger partial charge in [-0.3, -0.25) is 9.78 Å². The predicted molar refractivity (Wildman–Crippen MR) is 78.6 cm³/mol. The van der Waals surface area contributed by atoms with Crippen molar-refractivity contribution in [3.05, 3.63) is 58.6 Å². The molecule has 0 bridgehead atoms. The Kier molecular flexibility index (Phi) is 5.07. The molecule has 2 aromatic heterocycles. The Labute approximate surface area is 123 Å². The fraction of sp³-hybridized carbons (Fsp3) is 0.267. The number of aromatic nitrogens is 2. The van der Waals surface area contributed by atoms with Gasteiger partial charge in [0.15, 0.2) is 0 Å². The van der Waals surface area contributed by atoms with Crippen LogP contribution in [0.2, 0.25) is 5.15 Å². The zero-order valence-corrected chi connectivity index (χ0v) is 12.0. The van der Waals surface area contributed by atoms with E-state index in [0.717, 1.165) is 24.2 Å². The smallest absolute Gasteiger partial charge is 0.251 e. The maximum absolute atomic E-state index is 12.1. The molecule has 0 aliphatic heterocycles. The molecule has 0 radical (unpaired) electrons. The van der Waals surface area contributed by atoms with Gasteiger partial charge in [0.25, 0.3) is 5.91 Å². The Bertz CT molecular complexity index is 587. The molecule has 20 heavy (non-hydrogen) atoms. The van der Waals surface area contributed by atoms with Crippen LogP contribution in [0.25, 0.3) is 0 Å². The van der Waals surface area contributed by atoms with E-state index in [9.17, 15) is 4.79 Å². The van der Waals surface area contributed by atoms with E-state index in [-0.39, 0.29) is 5.91 Å². The van der Waals surface area contributed by atoms with Crippen molar-refractivity contribution in [2.45, 2.75) is 26.3 Å². The summed E-state index contributed by atoms with van der Waals surface area (Å²) < 4.78 is 0. The molecule has 104 valence electrons. The molecule has 2 rings (SSSR count). The molecular formula is C15H16ClN3O. The molecule has 2 heterocycles. The number of carbonyl (C=O) groups excluding carboxylic acids is 1. The molecule has 0 saturated heterocycles. The van der Waals surface area contributed by atoms with Crippen molar-refractivity contribution in [1.29, 1.82) is 0 Å². The predicted octanol–water partition coefficient (Wildman–Crippen LogP) is 3.01. The normalized spacial score (nSPS) is 10.3. The standard InChI is InChI=1S/C15H16ClN3O/c1-2-5-12-8-11(9-14(16)19-12)15(20)18-10-13-6-3-4-7-17-13/h3-4,6-9H,2,5,10H2,1H3,(H,18,20). The van der Waals surface area contributed by atoms with Crippen LogP contribution in [0.4, 0.5) is 0 Å². The Morgan fingerprint density at radius 2 is 2.15 bits per heavy atom. The summed E-state index contributed by atoms with van der Waals surface area (Å²) in [4.78, 5) is 20.5. The highest BCUT2D eigenvalue weighted by Crippen LogP contribution is 2.12. The van der Waals surface area contributed by atoms with Gasteiger partial charge >= 0.3 is 0 Å². The third kappa shape index (κ3) is 4.03. The second kappa shape index (κ2) is 7.01. The topological polar surface area (TPSA) is 54.9 Å². The summed E-state index contributed by atoms with van der Waals surface area (Å²) in [6.07, 6.45) is 3.47. The molecule has 0 spiro atoms. The van der Waals surface area contributed by atoms with Crippen LogP contribution in [0.3, 0.4) is 0 Å². The molecule has 0 saturated carbocycles. The molecule has 4 nitrogen and oxygen atoms in total. The highest BCUT2D eigenvalue weighted by Gasteiger charge is 2.09. The minimum absolute atomic E-state index is 0.169. The van der Waals surface area contributed by atoms with E-state index in [1.54, 1.807) is 18.3 Å². The first-order valence-electron chi connectivity index (χ1n) is 6.53. The molecule has 0 fully saturated rings. The minimum atomic E-state index is -0.169. The van der Waals surface area contributed by atoms with E-state index in [0.29, 0.717) is 17.3 Å². The van der Waals surface area contributed by atoms with Crippen LogP contribution in [-0.4, -0.2) is 15.9 Å². The van der Waals surface area contributed by atoms with Gasteiger partial charge in [0.2, 0.25) is 0 Å². The van der Waals surface area contributed by atoms with Crippen molar-refractivity contribution in [2.24, 2.45) is 0 Å². The van der Waals surface area contributed by atoms with Gasteiger partial charge in [0, 0.05) is 17.5 Å². The number of rotatable bonds is 5. The first-order chi connectivity index (χ1) is 9.69. The van der Waals surface area contributed by atoms with Gasteiger partial charge in [0.1, 0.15) is 5.15 Å². The Morgan fingerprint density at radius 1 is 1.30 bits per heavy atom. The Hall–Kier alpha value is -1.94. The Balaban J connectivity index is 2.05. The lowest BCUT2D eigenvalue weighted by atomic mass is 10.1. The summed E-state index contributed by atoms with van der Waals surface area (Å²) in [6.45, 7) is 2.45. The maximum Gasteiger partial charge on any atom is 0.251 e. The van der Waals surface area contributed by atoms with Crippen molar-refractivity contribution < 1.29 is 4.79 Å². The summed E-state index contributed by atoms with van der Waals surface area (Å²) in [5, 5.41) is 3.17. The third-order valence-electron chi connectivity index (χ3n) is 2.77. The molecule has 0 aliphatic carbocycles. The molecule has 0 aliphatic rings. The summed E-state index contributed by atoms with van der Waals surface area (Å²) in [7, 11) is 0. The van der Waals surface area contributed by atoms with Crippen LogP contribution in [0.1, 0.15) is 35.1 Å². The lowest BCUT2D eigenvalue weighted by Gasteiger charge is -2.07. The van der Waals surface area contributed by atoms with E-state index >= 15 is 0 Å². The molecule has 0 unspecified atom stereocenters. The molecule has 2 aromatic rings. The number of amides is 1. The van der Waals surface area contributed by atoms with Gasteiger partial charge in [-0.25, -0.2) is 4.98 Å². The van der Waals surface area contributed by atoms with Gasteiger partial charge in [-0.2, -0.15) is 0 Å². The average Bonchev–Trinajstić information content (AvgIpc) is 2.45. The number of aryl methyl sites for hydroxylation is 1. The van der Waals surface area contributed by atoms with Crippen molar-refractivity contribution >= 4 is 17.5 Å². The van der Waals surface area contributed by atoms with Crippen molar-refractivity contribution in [2.75, 3.05) is 0 Å². The number of pyridine rings is 2. The van der Waals surface area contributed by atoms with Gasteiger partial charge in [-0.1, -0.05) is 31.0 Å². The summed E-state index contributed by atoms with van der Waals surface area (Å²) in [5.41, 5.74) is 2.18. The maximum atomic E-state index is 12.1. The van der Waals surface area contributed by atoms with Gasteiger partial charge in [-0.05, 0) is 30.7 Å². The van der Waals surface area contributed by atoms with Crippen molar-refractivity contribution in [1.82, 2.24) is 15.3 Å². The molecular weight excluding hydrogens is 274 g/mol. The van der Waals surface area contributed by atoms with Crippen molar-refractivity contribution in [3.8, 4) is 0 Å². The Morgan fingerprint density at radius 3 is 2.85 bits per heavy atom. The molecule has 1 amide bonds. The number of carbonyl (C=O) groups is 1. The number of hydrogen-bond donors (Lipinski definition) is 1. The van der Waals surface area contributed by atoms with Gasteiger partial charge in [0.05, 0.1) is 12.2 Å². The van der Waals surface area contributed by atoms with E-state index in [4.69, 9.17) is 11.6 Å². The summed E-state index contributed by atoms with van der Waals surface area (Å²) >= 11 is 5.94. The van der Waals surface area contributed by atoms with E-state index in [2.05, 4.69) is 22.2 Å². The van der Waals surface area contributed by atoms with Crippen molar-refractivity contribution in [3.63, 3.8) is 0 Å². The molecule has 5 heteroatoms. The van der Waals surface area contributed by atoms with Gasteiger partial charge < -0.3 is 5.32 Å². The van der Waals surface area contributed by atoms with Crippen LogP contribution >= 0.6 is 11.6 Å². The summed E-state index contributed by atoms with van der Waals surface area (Å²) in [5.74, 6) is -0.169. The first-order valence-corrected chi connectivity index (χ1v) is 6.91. The second-order valence-electron chi connectivity index (χ2n) is 4.42. The summed E-state index contributed by atoms with van der Waals surface area (Å²) in [6, 6.07) is 8.95. The lowest BCUT2D eigenvalue weighted by molar-refractivity contribution is 0.0950. The highest BCUT2D eigenvalue weighted by molar-refractivity contribution is 6.29. The first kappa shape index (κ1) is 14.5.